The first-order chi connectivity index (χ1) is 9.49. The van der Waals surface area contributed by atoms with Gasteiger partial charge in [0.2, 0.25) is 0 Å². The third kappa shape index (κ3) is 2.70. The largest absolute Gasteiger partial charge is 0.365 e. The molecule has 1 atom stereocenters. The molecule has 1 aliphatic carbocycles. The summed E-state index contributed by atoms with van der Waals surface area (Å²) < 4.78 is 28.8. The summed E-state index contributed by atoms with van der Waals surface area (Å²) in [6.45, 7) is 4.43. The maximum atomic E-state index is 14.2. The van der Waals surface area contributed by atoms with Crippen LogP contribution in [-0.2, 0) is 0 Å². The highest BCUT2D eigenvalue weighted by Gasteiger charge is 2.43. The summed E-state index contributed by atoms with van der Waals surface area (Å²) in [5.74, 6) is -0.349. The van der Waals surface area contributed by atoms with E-state index in [1.165, 1.54) is 25.0 Å². The van der Waals surface area contributed by atoms with Crippen LogP contribution >= 0.6 is 15.9 Å². The molecule has 1 saturated carbocycles. The normalized spacial score (nSPS) is 27.5. The van der Waals surface area contributed by atoms with Crippen LogP contribution in [0.5, 0.6) is 0 Å². The number of halogens is 3. The number of rotatable bonds is 2. The maximum absolute atomic E-state index is 14.2. The highest BCUT2D eigenvalue weighted by molar-refractivity contribution is 9.10. The summed E-state index contributed by atoms with van der Waals surface area (Å²) >= 11 is 3.13. The molecule has 0 spiro atoms. The predicted molar refractivity (Wildman–Crippen MR) is 80.0 cm³/mol. The standard InChI is InChI=1S/C15H19BrF2N2/c1-15(10-3-4-10)9-20(6-2-5-19-15)14-12(17)7-11(16)8-13(14)18/h7-8,10,19H,2-6,9H2,1H3. The molecule has 1 N–H and O–H groups in total. The van der Waals surface area contributed by atoms with Crippen LogP contribution in [0.25, 0.3) is 0 Å². The van der Waals surface area contributed by atoms with E-state index in [4.69, 9.17) is 0 Å². The number of anilines is 1. The van der Waals surface area contributed by atoms with Gasteiger partial charge in [0.15, 0.2) is 11.6 Å². The summed E-state index contributed by atoms with van der Waals surface area (Å²) in [5.41, 5.74) is 0.0754. The molecule has 5 heteroatoms. The van der Waals surface area contributed by atoms with Crippen molar-refractivity contribution in [1.29, 1.82) is 0 Å². The molecule has 110 valence electrons. The lowest BCUT2D eigenvalue weighted by atomic mass is 9.95. The minimum absolute atomic E-state index is 0.0392. The summed E-state index contributed by atoms with van der Waals surface area (Å²) in [6.07, 6.45) is 3.32. The van der Waals surface area contributed by atoms with Crippen molar-refractivity contribution in [3.63, 3.8) is 0 Å². The van der Waals surface area contributed by atoms with Gasteiger partial charge in [-0.15, -0.1) is 0 Å². The Labute approximate surface area is 126 Å². The average molecular weight is 345 g/mol. The van der Waals surface area contributed by atoms with Crippen molar-refractivity contribution in [3.8, 4) is 0 Å². The lowest BCUT2D eigenvalue weighted by molar-refractivity contribution is 0.330. The van der Waals surface area contributed by atoms with Gasteiger partial charge in [0.1, 0.15) is 5.69 Å². The average Bonchev–Trinajstić information content (AvgIpc) is 3.15. The zero-order valence-electron chi connectivity index (χ0n) is 11.6. The van der Waals surface area contributed by atoms with Gasteiger partial charge >= 0.3 is 0 Å². The Bertz CT molecular complexity index is 496. The smallest absolute Gasteiger partial charge is 0.150 e. The first kappa shape index (κ1) is 14.3. The summed E-state index contributed by atoms with van der Waals surface area (Å²) in [5, 5.41) is 3.57. The molecule has 1 heterocycles. The Morgan fingerprint density at radius 2 is 1.95 bits per heavy atom. The highest BCUT2D eigenvalue weighted by atomic mass is 79.9. The van der Waals surface area contributed by atoms with Crippen molar-refractivity contribution < 1.29 is 8.78 Å². The van der Waals surface area contributed by atoms with Crippen LogP contribution < -0.4 is 10.2 Å². The van der Waals surface area contributed by atoms with Crippen LogP contribution in [0.3, 0.4) is 0 Å². The predicted octanol–water partition coefficient (Wildman–Crippen LogP) is 3.70. The van der Waals surface area contributed by atoms with Gasteiger partial charge in [0.05, 0.1) is 0 Å². The van der Waals surface area contributed by atoms with E-state index in [9.17, 15) is 8.78 Å². The van der Waals surface area contributed by atoms with Gasteiger partial charge < -0.3 is 10.2 Å². The second-order valence-electron chi connectivity index (χ2n) is 6.11. The van der Waals surface area contributed by atoms with Crippen molar-refractivity contribution in [3.05, 3.63) is 28.2 Å². The van der Waals surface area contributed by atoms with Crippen molar-refractivity contribution in [2.75, 3.05) is 24.5 Å². The summed E-state index contributed by atoms with van der Waals surface area (Å²) in [6, 6.07) is 2.68. The molecule has 2 nitrogen and oxygen atoms in total. The van der Waals surface area contributed by atoms with E-state index < -0.39 is 11.6 Å². The molecule has 1 aliphatic heterocycles. The quantitative estimate of drug-likeness (QED) is 0.879. The van der Waals surface area contributed by atoms with E-state index in [2.05, 4.69) is 28.2 Å². The fourth-order valence-electron chi connectivity index (χ4n) is 3.20. The van der Waals surface area contributed by atoms with Crippen LogP contribution in [-0.4, -0.2) is 25.2 Å². The molecule has 0 bridgehead atoms. The molecule has 0 radical (unpaired) electrons. The Balaban J connectivity index is 1.92. The minimum Gasteiger partial charge on any atom is -0.365 e. The molecule has 2 aliphatic rings. The van der Waals surface area contributed by atoms with Gasteiger partial charge in [-0.1, -0.05) is 15.9 Å². The Kier molecular flexibility index (Phi) is 3.75. The fraction of sp³-hybridized carbons (Fsp3) is 0.600. The molecule has 1 aromatic rings. The van der Waals surface area contributed by atoms with Crippen LogP contribution in [0.2, 0.25) is 0 Å². The van der Waals surface area contributed by atoms with Crippen LogP contribution in [0, 0.1) is 17.6 Å². The monoisotopic (exact) mass is 344 g/mol. The van der Waals surface area contributed by atoms with Crippen molar-refractivity contribution in [2.45, 2.75) is 31.7 Å². The van der Waals surface area contributed by atoms with E-state index in [1.54, 1.807) is 0 Å². The second kappa shape index (κ2) is 5.26. The first-order valence-electron chi connectivity index (χ1n) is 7.14. The Morgan fingerprint density at radius 1 is 1.30 bits per heavy atom. The van der Waals surface area contributed by atoms with Gasteiger partial charge in [-0.3, -0.25) is 0 Å². The van der Waals surface area contributed by atoms with Gasteiger partial charge in [-0.2, -0.15) is 0 Å². The van der Waals surface area contributed by atoms with E-state index in [0.717, 1.165) is 13.0 Å². The van der Waals surface area contributed by atoms with Crippen LogP contribution in [0.1, 0.15) is 26.2 Å². The van der Waals surface area contributed by atoms with Gasteiger partial charge in [0, 0.05) is 23.1 Å². The zero-order valence-corrected chi connectivity index (χ0v) is 13.1. The lowest BCUT2D eigenvalue weighted by Crippen LogP contribution is -2.51. The topological polar surface area (TPSA) is 15.3 Å². The summed E-state index contributed by atoms with van der Waals surface area (Å²) in [7, 11) is 0. The third-order valence-corrected chi connectivity index (χ3v) is 4.89. The Morgan fingerprint density at radius 3 is 2.55 bits per heavy atom. The zero-order chi connectivity index (χ0) is 14.3. The molecule has 1 aromatic carbocycles. The third-order valence-electron chi connectivity index (χ3n) is 4.43. The molecule has 0 amide bonds. The van der Waals surface area contributed by atoms with E-state index in [1.807, 2.05) is 4.90 Å². The molecular weight excluding hydrogens is 326 g/mol. The SMILES string of the molecule is CC1(C2CC2)CN(c2c(F)cc(Br)cc2F)CCCN1. The number of hydrogen-bond acceptors (Lipinski definition) is 2. The van der Waals surface area contributed by atoms with Crippen molar-refractivity contribution >= 4 is 21.6 Å². The molecule has 2 fully saturated rings. The summed E-state index contributed by atoms with van der Waals surface area (Å²) in [4.78, 5) is 1.87. The molecule has 3 rings (SSSR count). The van der Waals surface area contributed by atoms with Crippen LogP contribution in [0.4, 0.5) is 14.5 Å². The van der Waals surface area contributed by atoms with Gasteiger partial charge in [-0.05, 0) is 50.8 Å². The van der Waals surface area contributed by atoms with E-state index in [-0.39, 0.29) is 11.2 Å². The van der Waals surface area contributed by atoms with Crippen molar-refractivity contribution in [1.82, 2.24) is 5.32 Å². The van der Waals surface area contributed by atoms with Crippen molar-refractivity contribution in [2.24, 2.45) is 5.92 Å². The van der Waals surface area contributed by atoms with E-state index in [0.29, 0.717) is 23.5 Å². The minimum atomic E-state index is -0.489. The number of nitrogens with one attached hydrogen (secondary N) is 1. The first-order valence-corrected chi connectivity index (χ1v) is 7.93. The molecule has 1 saturated heterocycles. The van der Waals surface area contributed by atoms with Gasteiger partial charge in [0.25, 0.3) is 0 Å². The highest BCUT2D eigenvalue weighted by Crippen LogP contribution is 2.41. The van der Waals surface area contributed by atoms with E-state index >= 15 is 0 Å². The number of nitrogens with zero attached hydrogens (tertiary/aromatic N) is 1. The molecule has 1 unspecified atom stereocenters. The second-order valence-corrected chi connectivity index (χ2v) is 7.03. The van der Waals surface area contributed by atoms with Gasteiger partial charge in [-0.25, -0.2) is 8.78 Å². The number of hydrogen-bond donors (Lipinski definition) is 1. The Hall–Kier alpha value is -0.680. The molecule has 0 aromatic heterocycles. The lowest BCUT2D eigenvalue weighted by Gasteiger charge is -2.35. The number of benzene rings is 1. The fourth-order valence-corrected chi connectivity index (χ4v) is 3.60. The maximum Gasteiger partial charge on any atom is 0.150 e. The molecule has 20 heavy (non-hydrogen) atoms. The van der Waals surface area contributed by atoms with Crippen LogP contribution in [0.15, 0.2) is 16.6 Å². The molecular formula is C15H19BrF2N2.